The maximum atomic E-state index is 6.67. The summed E-state index contributed by atoms with van der Waals surface area (Å²) >= 11 is 0. The van der Waals surface area contributed by atoms with Crippen LogP contribution in [-0.2, 0) is 6.54 Å². The van der Waals surface area contributed by atoms with Gasteiger partial charge in [-0.1, -0.05) is 13.8 Å². The van der Waals surface area contributed by atoms with Gasteiger partial charge in [-0.3, -0.25) is 4.68 Å². The molecule has 1 aromatic rings. The van der Waals surface area contributed by atoms with Crippen LogP contribution < -0.4 is 5.73 Å². The van der Waals surface area contributed by atoms with E-state index in [0.717, 1.165) is 18.9 Å². The molecule has 4 nitrogen and oxygen atoms in total. The maximum absolute atomic E-state index is 6.67. The summed E-state index contributed by atoms with van der Waals surface area (Å²) in [6, 6.07) is 0.0515. The van der Waals surface area contributed by atoms with Crippen LogP contribution in [0.15, 0.2) is 12.4 Å². The minimum Gasteiger partial charge on any atom is -0.322 e. The molecule has 1 aliphatic carbocycles. The summed E-state index contributed by atoms with van der Waals surface area (Å²) in [6.07, 6.45) is 10.1. The van der Waals surface area contributed by atoms with E-state index in [-0.39, 0.29) is 11.6 Å². The maximum Gasteiger partial charge on any atom is 0.0538 e. The van der Waals surface area contributed by atoms with Gasteiger partial charge >= 0.3 is 0 Å². The lowest BCUT2D eigenvalue weighted by Gasteiger charge is -2.48. The topological polar surface area (TPSA) is 47.1 Å². The van der Waals surface area contributed by atoms with Gasteiger partial charge in [0.15, 0.2) is 0 Å². The Balaban J connectivity index is 2.20. The Morgan fingerprint density at radius 3 is 2.65 bits per heavy atom. The van der Waals surface area contributed by atoms with Gasteiger partial charge < -0.3 is 10.6 Å². The van der Waals surface area contributed by atoms with Gasteiger partial charge in [0.05, 0.1) is 12.2 Å². The van der Waals surface area contributed by atoms with E-state index in [1.165, 1.54) is 31.2 Å². The van der Waals surface area contributed by atoms with E-state index in [4.69, 9.17) is 5.73 Å². The fraction of sp³-hybridized carbons (Fsp3) is 0.812. The summed E-state index contributed by atoms with van der Waals surface area (Å²) in [6.45, 7) is 5.49. The Morgan fingerprint density at radius 2 is 2.10 bits per heavy atom. The van der Waals surface area contributed by atoms with Crippen molar-refractivity contribution in [3.05, 3.63) is 18.0 Å². The Kier molecular flexibility index (Phi) is 4.86. The molecule has 0 spiro atoms. The highest BCUT2D eigenvalue weighted by molar-refractivity contribution is 5.18. The van der Waals surface area contributed by atoms with E-state index in [9.17, 15) is 0 Å². The fourth-order valence-electron chi connectivity index (χ4n) is 3.50. The van der Waals surface area contributed by atoms with E-state index in [1.54, 1.807) is 0 Å². The van der Waals surface area contributed by atoms with Crippen LogP contribution in [0.5, 0.6) is 0 Å². The molecule has 1 saturated carbocycles. The van der Waals surface area contributed by atoms with E-state index in [0.29, 0.717) is 0 Å². The van der Waals surface area contributed by atoms with Crippen LogP contribution in [0.1, 0.15) is 57.6 Å². The first-order chi connectivity index (χ1) is 9.49. The SMILES string of the molecule is CCCn1cc(C(N)C2(N(C)C)CCC(C)CC2)cn1. The van der Waals surface area contributed by atoms with Crippen molar-refractivity contribution in [2.75, 3.05) is 14.1 Å². The predicted octanol–water partition coefficient (Wildman–Crippen LogP) is 2.80. The number of likely N-dealkylation sites (N-methyl/N-ethyl adjacent to an activating group) is 1. The van der Waals surface area contributed by atoms with E-state index in [2.05, 4.69) is 44.1 Å². The molecule has 1 heterocycles. The molecular weight excluding hydrogens is 248 g/mol. The van der Waals surface area contributed by atoms with Gasteiger partial charge in [-0.05, 0) is 52.1 Å². The zero-order chi connectivity index (χ0) is 14.8. The fourth-order valence-corrected chi connectivity index (χ4v) is 3.50. The summed E-state index contributed by atoms with van der Waals surface area (Å²) in [4.78, 5) is 2.35. The smallest absolute Gasteiger partial charge is 0.0538 e. The minimum atomic E-state index is 0.0515. The molecular formula is C16H30N4. The molecule has 2 N–H and O–H groups in total. The number of aryl methyl sites for hydroxylation is 1. The first kappa shape index (κ1) is 15.5. The standard InChI is InChI=1S/C16H30N4/c1-5-10-20-12-14(11-18-20)15(17)16(19(3)4)8-6-13(2)7-9-16/h11-13,15H,5-10,17H2,1-4H3. The summed E-state index contributed by atoms with van der Waals surface area (Å²) in [5, 5.41) is 4.45. The first-order valence-corrected chi connectivity index (χ1v) is 7.95. The van der Waals surface area contributed by atoms with Crippen molar-refractivity contribution in [3.63, 3.8) is 0 Å². The molecule has 4 heteroatoms. The number of nitrogens with two attached hydrogens (primary N) is 1. The highest BCUT2D eigenvalue weighted by Gasteiger charge is 2.42. The number of hydrogen-bond acceptors (Lipinski definition) is 3. The molecule has 0 aromatic carbocycles. The van der Waals surface area contributed by atoms with Gasteiger partial charge in [0.25, 0.3) is 0 Å². The molecule has 114 valence electrons. The Labute approximate surface area is 123 Å². The third-order valence-electron chi connectivity index (χ3n) is 5.07. The molecule has 1 aliphatic rings. The van der Waals surface area contributed by atoms with Crippen molar-refractivity contribution in [2.45, 2.75) is 64.1 Å². The monoisotopic (exact) mass is 278 g/mol. The highest BCUT2D eigenvalue weighted by Crippen LogP contribution is 2.42. The predicted molar refractivity (Wildman–Crippen MR) is 83.5 cm³/mol. The zero-order valence-electron chi connectivity index (χ0n) is 13.5. The molecule has 20 heavy (non-hydrogen) atoms. The van der Waals surface area contributed by atoms with Gasteiger partial charge in [-0.25, -0.2) is 0 Å². The summed E-state index contributed by atoms with van der Waals surface area (Å²) in [7, 11) is 4.35. The second kappa shape index (κ2) is 6.27. The second-order valence-electron chi connectivity index (χ2n) is 6.69. The summed E-state index contributed by atoms with van der Waals surface area (Å²) in [5.74, 6) is 0.832. The first-order valence-electron chi connectivity index (χ1n) is 7.95. The third-order valence-corrected chi connectivity index (χ3v) is 5.07. The van der Waals surface area contributed by atoms with Crippen molar-refractivity contribution < 1.29 is 0 Å². The molecule has 0 radical (unpaired) electrons. The van der Waals surface area contributed by atoms with Crippen LogP contribution in [-0.4, -0.2) is 34.3 Å². The normalized spacial score (nSPS) is 28.8. The molecule has 0 aliphatic heterocycles. The molecule has 1 atom stereocenters. The van der Waals surface area contributed by atoms with Gasteiger partial charge in [0.1, 0.15) is 0 Å². The van der Waals surface area contributed by atoms with Crippen molar-refractivity contribution in [2.24, 2.45) is 11.7 Å². The highest BCUT2D eigenvalue weighted by atomic mass is 15.3. The zero-order valence-corrected chi connectivity index (χ0v) is 13.5. The van der Waals surface area contributed by atoms with Gasteiger partial charge in [-0.15, -0.1) is 0 Å². The average Bonchev–Trinajstić information content (AvgIpc) is 2.88. The number of hydrogen-bond donors (Lipinski definition) is 1. The lowest BCUT2D eigenvalue weighted by atomic mass is 9.71. The molecule has 1 aromatic heterocycles. The Hall–Kier alpha value is -0.870. The minimum absolute atomic E-state index is 0.0515. The van der Waals surface area contributed by atoms with Crippen LogP contribution in [0.3, 0.4) is 0 Å². The molecule has 1 unspecified atom stereocenters. The van der Waals surface area contributed by atoms with Crippen molar-refractivity contribution in [1.29, 1.82) is 0 Å². The van der Waals surface area contributed by atoms with Crippen molar-refractivity contribution in [1.82, 2.24) is 14.7 Å². The summed E-state index contributed by atoms with van der Waals surface area (Å²) < 4.78 is 2.02. The average molecular weight is 278 g/mol. The Bertz CT molecular complexity index is 416. The van der Waals surface area contributed by atoms with Crippen molar-refractivity contribution >= 4 is 0 Å². The molecule has 0 amide bonds. The molecule has 0 bridgehead atoms. The van der Waals surface area contributed by atoms with Gasteiger partial charge in [-0.2, -0.15) is 5.10 Å². The van der Waals surface area contributed by atoms with E-state index in [1.807, 2.05) is 10.9 Å². The molecule has 2 rings (SSSR count). The second-order valence-corrected chi connectivity index (χ2v) is 6.69. The largest absolute Gasteiger partial charge is 0.322 e. The third kappa shape index (κ3) is 2.91. The lowest BCUT2D eigenvalue weighted by molar-refractivity contribution is 0.0564. The molecule has 0 saturated heterocycles. The Morgan fingerprint density at radius 1 is 1.45 bits per heavy atom. The van der Waals surface area contributed by atoms with Crippen LogP contribution in [0.25, 0.3) is 0 Å². The van der Waals surface area contributed by atoms with Crippen LogP contribution in [0.4, 0.5) is 0 Å². The van der Waals surface area contributed by atoms with Gasteiger partial charge in [0, 0.05) is 23.8 Å². The van der Waals surface area contributed by atoms with Crippen LogP contribution in [0, 0.1) is 5.92 Å². The van der Waals surface area contributed by atoms with Crippen LogP contribution >= 0.6 is 0 Å². The molecule has 1 fully saturated rings. The number of aromatic nitrogens is 2. The van der Waals surface area contributed by atoms with Crippen LogP contribution in [0.2, 0.25) is 0 Å². The van der Waals surface area contributed by atoms with Gasteiger partial charge in [0.2, 0.25) is 0 Å². The summed E-state index contributed by atoms with van der Waals surface area (Å²) in [5.41, 5.74) is 7.94. The van der Waals surface area contributed by atoms with E-state index >= 15 is 0 Å². The quantitative estimate of drug-likeness (QED) is 0.901. The number of nitrogens with zero attached hydrogens (tertiary/aromatic N) is 3. The lowest BCUT2D eigenvalue weighted by Crippen LogP contribution is -2.54. The van der Waals surface area contributed by atoms with Crippen molar-refractivity contribution in [3.8, 4) is 0 Å². The van der Waals surface area contributed by atoms with E-state index < -0.39 is 0 Å². The number of rotatable bonds is 5.